The van der Waals surface area contributed by atoms with Crippen LogP contribution >= 0.6 is 0 Å². The Hall–Kier alpha value is -1.36. The molecule has 0 aromatic carbocycles. The number of piperidine rings is 1. The Bertz CT molecular complexity index is 462. The average Bonchev–Trinajstić information content (AvgIpc) is 2.99. The van der Waals surface area contributed by atoms with Gasteiger partial charge in [-0.05, 0) is 38.5 Å². The fourth-order valence-corrected chi connectivity index (χ4v) is 3.16. The van der Waals surface area contributed by atoms with Crippen LogP contribution in [0.25, 0.3) is 0 Å². The number of aliphatic hydroxyl groups is 1. The van der Waals surface area contributed by atoms with Crippen molar-refractivity contribution in [1.82, 2.24) is 9.97 Å². The molecule has 0 bridgehead atoms. The third-order valence-electron chi connectivity index (χ3n) is 4.71. The minimum absolute atomic E-state index is 0.541. The number of anilines is 1. The van der Waals surface area contributed by atoms with Gasteiger partial charge in [0, 0.05) is 13.1 Å². The fraction of sp³-hybridized carbons (Fsp3) is 0.750. The van der Waals surface area contributed by atoms with Gasteiger partial charge in [0.1, 0.15) is 0 Å². The number of hydrogen-bond donors (Lipinski definition) is 1. The Morgan fingerprint density at radius 2 is 2.00 bits per heavy atom. The first-order valence-electron chi connectivity index (χ1n) is 8.05. The summed E-state index contributed by atoms with van der Waals surface area (Å²) < 4.78 is 5.81. The summed E-state index contributed by atoms with van der Waals surface area (Å²) in [5, 5.41) is 10.0. The standard InChI is InChI=1S/C16H25N3O2/c1-16(20)6-8-19(9-7-16)14-10-17-11-15(18-14)21-12-13-4-2-3-5-13/h10-11,13,20H,2-9,12H2,1H3. The van der Waals surface area contributed by atoms with Crippen molar-refractivity contribution in [1.29, 1.82) is 0 Å². The Labute approximate surface area is 126 Å². The molecule has 2 aliphatic rings. The van der Waals surface area contributed by atoms with Gasteiger partial charge in [-0.15, -0.1) is 0 Å². The van der Waals surface area contributed by atoms with Crippen molar-refractivity contribution in [3.05, 3.63) is 12.4 Å². The molecule has 1 N–H and O–H groups in total. The van der Waals surface area contributed by atoms with Crippen LogP contribution in [0.5, 0.6) is 5.88 Å². The van der Waals surface area contributed by atoms with Crippen molar-refractivity contribution in [3.63, 3.8) is 0 Å². The molecule has 3 rings (SSSR count). The molecule has 1 aliphatic heterocycles. The Kier molecular flexibility index (Phi) is 4.29. The predicted molar refractivity (Wildman–Crippen MR) is 81.6 cm³/mol. The van der Waals surface area contributed by atoms with Crippen LogP contribution in [0.15, 0.2) is 12.4 Å². The van der Waals surface area contributed by atoms with E-state index >= 15 is 0 Å². The average molecular weight is 291 g/mol. The molecule has 0 radical (unpaired) electrons. The van der Waals surface area contributed by atoms with E-state index in [1.807, 2.05) is 6.92 Å². The molecule has 5 heteroatoms. The zero-order valence-electron chi connectivity index (χ0n) is 12.8. The van der Waals surface area contributed by atoms with Crippen molar-refractivity contribution in [2.24, 2.45) is 5.92 Å². The summed E-state index contributed by atoms with van der Waals surface area (Å²) in [4.78, 5) is 11.0. The first-order valence-corrected chi connectivity index (χ1v) is 8.05. The van der Waals surface area contributed by atoms with E-state index in [0.717, 1.165) is 38.4 Å². The maximum Gasteiger partial charge on any atom is 0.234 e. The van der Waals surface area contributed by atoms with E-state index < -0.39 is 5.60 Å². The molecule has 2 heterocycles. The van der Waals surface area contributed by atoms with Crippen molar-refractivity contribution in [2.75, 3.05) is 24.6 Å². The van der Waals surface area contributed by atoms with Gasteiger partial charge < -0.3 is 14.7 Å². The molecule has 1 aromatic rings. The SMILES string of the molecule is CC1(O)CCN(c2cncc(OCC3CCCC3)n2)CC1. The lowest BCUT2D eigenvalue weighted by atomic mass is 9.94. The van der Waals surface area contributed by atoms with E-state index in [2.05, 4.69) is 14.9 Å². The summed E-state index contributed by atoms with van der Waals surface area (Å²) in [5.41, 5.74) is -0.541. The van der Waals surface area contributed by atoms with Crippen LogP contribution in [-0.4, -0.2) is 40.4 Å². The van der Waals surface area contributed by atoms with Crippen LogP contribution in [0, 0.1) is 5.92 Å². The molecule has 0 unspecified atom stereocenters. The van der Waals surface area contributed by atoms with Crippen molar-refractivity contribution in [3.8, 4) is 5.88 Å². The second-order valence-electron chi connectivity index (χ2n) is 6.66. The van der Waals surface area contributed by atoms with Crippen LogP contribution in [0.4, 0.5) is 5.82 Å². The van der Waals surface area contributed by atoms with Gasteiger partial charge in [-0.2, -0.15) is 4.98 Å². The molecular formula is C16H25N3O2. The van der Waals surface area contributed by atoms with Gasteiger partial charge in [0.05, 0.1) is 24.6 Å². The third kappa shape index (κ3) is 3.84. The summed E-state index contributed by atoms with van der Waals surface area (Å²) in [6, 6.07) is 0. The lowest BCUT2D eigenvalue weighted by Gasteiger charge is -2.36. The monoisotopic (exact) mass is 291 g/mol. The van der Waals surface area contributed by atoms with E-state index in [4.69, 9.17) is 4.74 Å². The number of rotatable bonds is 4. The number of hydrogen-bond acceptors (Lipinski definition) is 5. The number of aromatic nitrogens is 2. The predicted octanol–water partition coefficient (Wildman–Crippen LogP) is 2.40. The van der Waals surface area contributed by atoms with E-state index in [1.54, 1.807) is 12.4 Å². The molecule has 116 valence electrons. The van der Waals surface area contributed by atoms with Gasteiger partial charge in [0.25, 0.3) is 0 Å². The highest BCUT2D eigenvalue weighted by atomic mass is 16.5. The first kappa shape index (κ1) is 14.6. The topological polar surface area (TPSA) is 58.5 Å². The Morgan fingerprint density at radius 3 is 2.71 bits per heavy atom. The summed E-state index contributed by atoms with van der Waals surface area (Å²) in [6.07, 6.45) is 10.2. The van der Waals surface area contributed by atoms with E-state index in [1.165, 1.54) is 25.7 Å². The van der Waals surface area contributed by atoms with Gasteiger partial charge in [-0.25, -0.2) is 0 Å². The highest BCUT2D eigenvalue weighted by Crippen LogP contribution is 2.27. The fourth-order valence-electron chi connectivity index (χ4n) is 3.16. The molecule has 1 aromatic heterocycles. The van der Waals surface area contributed by atoms with Gasteiger partial charge >= 0.3 is 0 Å². The van der Waals surface area contributed by atoms with Gasteiger partial charge in [-0.1, -0.05) is 12.8 Å². The minimum Gasteiger partial charge on any atom is -0.476 e. The molecule has 2 fully saturated rings. The van der Waals surface area contributed by atoms with E-state index in [-0.39, 0.29) is 0 Å². The van der Waals surface area contributed by atoms with Gasteiger partial charge in [0.2, 0.25) is 5.88 Å². The second kappa shape index (κ2) is 6.18. The molecule has 1 saturated heterocycles. The molecule has 0 spiro atoms. The zero-order chi connectivity index (χ0) is 14.7. The molecule has 0 amide bonds. The van der Waals surface area contributed by atoms with Crippen LogP contribution in [-0.2, 0) is 0 Å². The molecule has 5 nitrogen and oxygen atoms in total. The molecule has 1 aliphatic carbocycles. The third-order valence-corrected chi connectivity index (χ3v) is 4.71. The Balaban J connectivity index is 1.58. The van der Waals surface area contributed by atoms with Crippen LogP contribution in [0.3, 0.4) is 0 Å². The largest absolute Gasteiger partial charge is 0.476 e. The van der Waals surface area contributed by atoms with E-state index in [9.17, 15) is 5.11 Å². The zero-order valence-corrected chi connectivity index (χ0v) is 12.8. The number of nitrogens with zero attached hydrogens (tertiary/aromatic N) is 3. The smallest absolute Gasteiger partial charge is 0.234 e. The second-order valence-corrected chi connectivity index (χ2v) is 6.66. The summed E-state index contributed by atoms with van der Waals surface area (Å²) in [6.45, 7) is 4.28. The summed E-state index contributed by atoms with van der Waals surface area (Å²) >= 11 is 0. The van der Waals surface area contributed by atoms with Gasteiger partial charge in [-0.3, -0.25) is 4.98 Å². The first-order chi connectivity index (χ1) is 10.1. The van der Waals surface area contributed by atoms with Crippen LogP contribution in [0.2, 0.25) is 0 Å². The lowest BCUT2D eigenvalue weighted by molar-refractivity contribution is 0.0350. The highest BCUT2D eigenvalue weighted by molar-refractivity contribution is 5.38. The van der Waals surface area contributed by atoms with Crippen LogP contribution < -0.4 is 9.64 Å². The Morgan fingerprint density at radius 1 is 1.29 bits per heavy atom. The maximum absolute atomic E-state index is 10.0. The summed E-state index contributed by atoms with van der Waals surface area (Å²) in [7, 11) is 0. The van der Waals surface area contributed by atoms with E-state index in [0.29, 0.717) is 11.8 Å². The van der Waals surface area contributed by atoms with Crippen molar-refractivity contribution < 1.29 is 9.84 Å². The van der Waals surface area contributed by atoms with Crippen molar-refractivity contribution in [2.45, 2.75) is 51.0 Å². The quantitative estimate of drug-likeness (QED) is 0.923. The van der Waals surface area contributed by atoms with Gasteiger partial charge in [0.15, 0.2) is 5.82 Å². The molecule has 21 heavy (non-hydrogen) atoms. The normalized spacial score (nSPS) is 22.5. The molecule has 1 saturated carbocycles. The summed E-state index contributed by atoms with van der Waals surface area (Å²) in [5.74, 6) is 2.16. The molecular weight excluding hydrogens is 266 g/mol. The maximum atomic E-state index is 10.0. The number of ether oxygens (including phenoxy) is 1. The molecule has 0 atom stereocenters. The highest BCUT2D eigenvalue weighted by Gasteiger charge is 2.28. The van der Waals surface area contributed by atoms with Crippen LogP contribution in [0.1, 0.15) is 45.4 Å². The van der Waals surface area contributed by atoms with Crippen molar-refractivity contribution >= 4 is 5.82 Å². The minimum atomic E-state index is -0.541. The lowest BCUT2D eigenvalue weighted by Crippen LogP contribution is -2.42.